The maximum Gasteiger partial charge on any atom is 0.409 e. The predicted octanol–water partition coefficient (Wildman–Crippen LogP) is 1.84. The fourth-order valence-corrected chi connectivity index (χ4v) is 2.17. The maximum absolute atomic E-state index is 11.6. The van der Waals surface area contributed by atoms with Crippen LogP contribution in [0.1, 0.15) is 33.6 Å². The molecule has 1 rings (SSSR count). The molecule has 0 spiro atoms. The molecule has 0 saturated carbocycles. The molecule has 94 valence electrons. The van der Waals surface area contributed by atoms with Gasteiger partial charge in [0.1, 0.15) is 6.61 Å². The van der Waals surface area contributed by atoms with Gasteiger partial charge in [0.05, 0.1) is 0 Å². The van der Waals surface area contributed by atoms with E-state index in [0.717, 1.165) is 25.9 Å². The van der Waals surface area contributed by atoms with Gasteiger partial charge in [-0.05, 0) is 24.2 Å². The molecule has 0 aromatic rings. The number of piperidine rings is 1. The zero-order valence-electron chi connectivity index (χ0n) is 10.7. The number of likely N-dealkylation sites (tertiary alicyclic amines) is 1. The summed E-state index contributed by atoms with van der Waals surface area (Å²) < 4.78 is 5.01. The van der Waals surface area contributed by atoms with Gasteiger partial charge in [-0.1, -0.05) is 20.8 Å². The van der Waals surface area contributed by atoms with Crippen molar-refractivity contribution in [2.75, 3.05) is 26.2 Å². The number of ether oxygens (including phenoxy) is 1. The third-order valence-corrected chi connectivity index (χ3v) is 3.32. The molecule has 0 aromatic heterocycles. The van der Waals surface area contributed by atoms with Crippen molar-refractivity contribution in [2.24, 2.45) is 17.1 Å². The third kappa shape index (κ3) is 3.67. The number of carbonyl (C=O) groups is 1. The Bertz CT molecular complexity index is 228. The van der Waals surface area contributed by atoms with Gasteiger partial charge in [-0.2, -0.15) is 0 Å². The van der Waals surface area contributed by atoms with E-state index >= 15 is 0 Å². The lowest BCUT2D eigenvalue weighted by molar-refractivity contribution is 0.0723. The Morgan fingerprint density at radius 3 is 2.38 bits per heavy atom. The summed E-state index contributed by atoms with van der Waals surface area (Å²) in [4.78, 5) is 13.4. The van der Waals surface area contributed by atoms with Crippen LogP contribution in [-0.2, 0) is 4.74 Å². The van der Waals surface area contributed by atoms with Crippen LogP contribution in [0.2, 0.25) is 0 Å². The Labute approximate surface area is 98.1 Å². The molecule has 2 N–H and O–H groups in total. The molecule has 4 nitrogen and oxygen atoms in total. The normalized spacial score (nSPS) is 18.6. The van der Waals surface area contributed by atoms with Crippen LogP contribution in [0.4, 0.5) is 4.79 Å². The first-order chi connectivity index (χ1) is 7.45. The van der Waals surface area contributed by atoms with E-state index in [1.807, 2.05) is 0 Å². The van der Waals surface area contributed by atoms with Crippen LogP contribution in [0, 0.1) is 11.3 Å². The summed E-state index contributed by atoms with van der Waals surface area (Å²) in [6.45, 7) is 9.12. The van der Waals surface area contributed by atoms with Gasteiger partial charge in [-0.15, -0.1) is 0 Å². The van der Waals surface area contributed by atoms with Crippen molar-refractivity contribution in [3.05, 3.63) is 0 Å². The highest BCUT2D eigenvalue weighted by molar-refractivity contribution is 5.67. The van der Waals surface area contributed by atoms with Crippen LogP contribution in [0.3, 0.4) is 0 Å². The van der Waals surface area contributed by atoms with Gasteiger partial charge in [0.25, 0.3) is 0 Å². The van der Waals surface area contributed by atoms with E-state index in [1.165, 1.54) is 0 Å². The Morgan fingerprint density at radius 2 is 1.94 bits per heavy atom. The topological polar surface area (TPSA) is 55.6 Å². The first-order valence-corrected chi connectivity index (χ1v) is 6.07. The second-order valence-electron chi connectivity index (χ2n) is 5.53. The molecule has 1 saturated heterocycles. The number of carbonyl (C=O) groups excluding carboxylic acids is 1. The number of hydrogen-bond acceptors (Lipinski definition) is 3. The lowest BCUT2D eigenvalue weighted by Crippen LogP contribution is -2.42. The number of hydrogen-bond donors (Lipinski definition) is 1. The van der Waals surface area contributed by atoms with E-state index in [4.69, 9.17) is 10.5 Å². The smallest absolute Gasteiger partial charge is 0.409 e. The Kier molecular flexibility index (Phi) is 4.59. The average molecular weight is 228 g/mol. The molecule has 1 amide bonds. The van der Waals surface area contributed by atoms with E-state index in [2.05, 4.69) is 20.8 Å². The summed E-state index contributed by atoms with van der Waals surface area (Å²) in [5.74, 6) is 0.700. The first kappa shape index (κ1) is 13.3. The van der Waals surface area contributed by atoms with Crippen LogP contribution in [0.25, 0.3) is 0 Å². The van der Waals surface area contributed by atoms with Gasteiger partial charge in [0.2, 0.25) is 0 Å². The Balaban J connectivity index is 2.34. The summed E-state index contributed by atoms with van der Waals surface area (Å²) in [6, 6.07) is 0. The monoisotopic (exact) mass is 228 g/mol. The van der Waals surface area contributed by atoms with Gasteiger partial charge in [-0.25, -0.2) is 4.79 Å². The molecule has 1 fully saturated rings. The third-order valence-electron chi connectivity index (χ3n) is 3.32. The van der Waals surface area contributed by atoms with Gasteiger partial charge in [0, 0.05) is 19.6 Å². The Hall–Kier alpha value is -0.770. The van der Waals surface area contributed by atoms with Crippen LogP contribution >= 0.6 is 0 Å². The van der Waals surface area contributed by atoms with Gasteiger partial charge in [-0.3, -0.25) is 0 Å². The molecule has 0 radical (unpaired) electrons. The molecule has 1 aliphatic heterocycles. The molecule has 0 bridgehead atoms. The van der Waals surface area contributed by atoms with Crippen LogP contribution in [0.15, 0.2) is 0 Å². The highest BCUT2D eigenvalue weighted by Gasteiger charge is 2.30. The van der Waals surface area contributed by atoms with Crippen molar-refractivity contribution in [1.29, 1.82) is 0 Å². The molecule has 4 heteroatoms. The van der Waals surface area contributed by atoms with E-state index in [1.54, 1.807) is 4.90 Å². The maximum atomic E-state index is 11.6. The van der Waals surface area contributed by atoms with E-state index < -0.39 is 0 Å². The number of nitrogens with zero attached hydrogens (tertiary/aromatic N) is 1. The van der Waals surface area contributed by atoms with Gasteiger partial charge >= 0.3 is 6.09 Å². The van der Waals surface area contributed by atoms with Crippen LogP contribution in [-0.4, -0.2) is 37.2 Å². The quantitative estimate of drug-likeness (QED) is 0.784. The van der Waals surface area contributed by atoms with Crippen molar-refractivity contribution in [3.8, 4) is 0 Å². The lowest BCUT2D eigenvalue weighted by atomic mass is 9.75. The van der Waals surface area contributed by atoms with Crippen molar-refractivity contribution in [3.63, 3.8) is 0 Å². The Morgan fingerprint density at radius 1 is 1.38 bits per heavy atom. The van der Waals surface area contributed by atoms with E-state index in [9.17, 15) is 4.79 Å². The summed E-state index contributed by atoms with van der Waals surface area (Å²) in [5, 5.41) is 0. The second-order valence-corrected chi connectivity index (χ2v) is 5.53. The minimum absolute atomic E-state index is 0.210. The standard InChI is InChI=1S/C12H24N2O2/c1-12(2,3)10-4-7-14(8-5-10)11(15)16-9-6-13/h10H,4-9,13H2,1-3H3. The molecular weight excluding hydrogens is 204 g/mol. The van der Waals surface area contributed by atoms with Crippen LogP contribution in [0.5, 0.6) is 0 Å². The fourth-order valence-electron chi connectivity index (χ4n) is 2.17. The average Bonchev–Trinajstić information content (AvgIpc) is 2.25. The zero-order valence-corrected chi connectivity index (χ0v) is 10.7. The summed E-state index contributed by atoms with van der Waals surface area (Å²) in [7, 11) is 0. The highest BCUT2D eigenvalue weighted by atomic mass is 16.6. The molecule has 16 heavy (non-hydrogen) atoms. The fraction of sp³-hybridized carbons (Fsp3) is 0.917. The van der Waals surface area contributed by atoms with E-state index in [0.29, 0.717) is 24.5 Å². The first-order valence-electron chi connectivity index (χ1n) is 6.07. The minimum Gasteiger partial charge on any atom is -0.448 e. The summed E-state index contributed by atoms with van der Waals surface area (Å²) in [6.07, 6.45) is 1.93. The molecule has 1 aliphatic rings. The van der Waals surface area contributed by atoms with Crippen molar-refractivity contribution in [1.82, 2.24) is 4.90 Å². The van der Waals surface area contributed by atoms with Crippen molar-refractivity contribution >= 4 is 6.09 Å². The largest absolute Gasteiger partial charge is 0.448 e. The summed E-state index contributed by atoms with van der Waals surface area (Å²) >= 11 is 0. The molecule has 0 aliphatic carbocycles. The number of amides is 1. The second kappa shape index (κ2) is 5.53. The summed E-state index contributed by atoms with van der Waals surface area (Å²) in [5.41, 5.74) is 5.63. The number of nitrogens with two attached hydrogens (primary N) is 1. The van der Waals surface area contributed by atoms with Crippen molar-refractivity contribution in [2.45, 2.75) is 33.6 Å². The highest BCUT2D eigenvalue weighted by Crippen LogP contribution is 2.34. The molecular formula is C12H24N2O2. The molecule has 0 aromatic carbocycles. The van der Waals surface area contributed by atoms with Gasteiger partial charge in [0.15, 0.2) is 0 Å². The van der Waals surface area contributed by atoms with Gasteiger partial charge < -0.3 is 15.4 Å². The minimum atomic E-state index is -0.210. The van der Waals surface area contributed by atoms with E-state index in [-0.39, 0.29) is 6.09 Å². The van der Waals surface area contributed by atoms with Crippen LogP contribution < -0.4 is 5.73 Å². The molecule has 0 unspecified atom stereocenters. The molecule has 0 atom stereocenters. The molecule has 1 heterocycles. The van der Waals surface area contributed by atoms with Crippen molar-refractivity contribution < 1.29 is 9.53 Å². The predicted molar refractivity (Wildman–Crippen MR) is 64.2 cm³/mol. The number of rotatable bonds is 2. The lowest BCUT2D eigenvalue weighted by Gasteiger charge is -2.38. The SMILES string of the molecule is CC(C)(C)C1CCN(C(=O)OCCN)CC1. The zero-order chi connectivity index (χ0) is 12.2.